The second-order valence-corrected chi connectivity index (χ2v) is 5.80. The van der Waals surface area contributed by atoms with Crippen molar-refractivity contribution < 1.29 is 0 Å². The molecule has 1 aromatic carbocycles. The molecule has 1 aromatic rings. The van der Waals surface area contributed by atoms with E-state index >= 15 is 0 Å². The van der Waals surface area contributed by atoms with Gasteiger partial charge >= 0.3 is 0 Å². The van der Waals surface area contributed by atoms with Crippen LogP contribution in [0.1, 0.15) is 31.7 Å². The molecule has 2 N–H and O–H groups in total. The van der Waals surface area contributed by atoms with Gasteiger partial charge in [-0.15, -0.1) is 0 Å². The number of fused-ring (bicyclic) bond motifs is 1. The summed E-state index contributed by atoms with van der Waals surface area (Å²) in [5.74, 6) is 0.941. The second-order valence-electron chi connectivity index (χ2n) is 5.80. The van der Waals surface area contributed by atoms with Gasteiger partial charge < -0.3 is 10.6 Å². The van der Waals surface area contributed by atoms with Crippen molar-refractivity contribution in [2.45, 2.75) is 44.7 Å². The molecule has 2 atom stereocenters. The van der Waals surface area contributed by atoms with Crippen LogP contribution in [-0.2, 0) is 6.42 Å². The molecule has 1 aliphatic heterocycles. The Balaban J connectivity index is 1.81. The third-order valence-electron chi connectivity index (χ3n) is 3.99. The summed E-state index contributed by atoms with van der Waals surface area (Å²) in [6, 6.07) is 9.80. The lowest BCUT2D eigenvalue weighted by molar-refractivity contribution is 0.514. The van der Waals surface area contributed by atoms with Crippen LogP contribution in [0.4, 0.5) is 5.69 Å². The summed E-state index contributed by atoms with van der Waals surface area (Å²) in [7, 11) is 0. The van der Waals surface area contributed by atoms with Crippen LogP contribution in [0.2, 0.25) is 0 Å². The third-order valence-corrected chi connectivity index (χ3v) is 3.99. The first-order chi connectivity index (χ1) is 8.24. The minimum Gasteiger partial charge on any atom is -0.368 e. The Bertz CT molecular complexity index is 396. The number of nitrogens with two attached hydrogens (primary N) is 1. The highest BCUT2D eigenvalue weighted by molar-refractivity contribution is 5.59. The molecule has 92 valence electrons. The summed E-state index contributed by atoms with van der Waals surface area (Å²) in [6.45, 7) is 3.37. The SMILES string of the molecule is CC(N)CC1Cc2ccccc2N1CC1CC1. The van der Waals surface area contributed by atoms with Crippen LogP contribution in [0.3, 0.4) is 0 Å². The van der Waals surface area contributed by atoms with Crippen LogP contribution >= 0.6 is 0 Å². The standard InChI is InChI=1S/C15H22N2/c1-11(16)8-14-9-13-4-2-3-5-15(13)17(14)10-12-6-7-12/h2-5,11-12,14H,6-10,16H2,1H3. The molecule has 0 saturated heterocycles. The topological polar surface area (TPSA) is 29.3 Å². The Kier molecular flexibility index (Phi) is 2.83. The van der Waals surface area contributed by atoms with Crippen LogP contribution in [0.25, 0.3) is 0 Å². The second kappa shape index (κ2) is 4.34. The van der Waals surface area contributed by atoms with Crippen molar-refractivity contribution >= 4 is 5.69 Å². The number of anilines is 1. The van der Waals surface area contributed by atoms with Crippen LogP contribution in [0.5, 0.6) is 0 Å². The molecule has 0 aromatic heterocycles. The molecular formula is C15H22N2. The predicted molar refractivity (Wildman–Crippen MR) is 72.3 cm³/mol. The molecule has 0 spiro atoms. The summed E-state index contributed by atoms with van der Waals surface area (Å²) >= 11 is 0. The lowest BCUT2D eigenvalue weighted by Crippen LogP contribution is -2.37. The van der Waals surface area contributed by atoms with Crippen molar-refractivity contribution in [3.8, 4) is 0 Å². The summed E-state index contributed by atoms with van der Waals surface area (Å²) < 4.78 is 0. The molecule has 1 saturated carbocycles. The number of rotatable bonds is 4. The van der Waals surface area contributed by atoms with Crippen molar-refractivity contribution in [3.05, 3.63) is 29.8 Å². The molecular weight excluding hydrogens is 208 g/mol. The van der Waals surface area contributed by atoms with Crippen molar-refractivity contribution in [1.29, 1.82) is 0 Å². The lowest BCUT2D eigenvalue weighted by atomic mass is 10.0. The van der Waals surface area contributed by atoms with Gasteiger partial charge in [-0.1, -0.05) is 18.2 Å². The monoisotopic (exact) mass is 230 g/mol. The fourth-order valence-electron chi connectivity index (χ4n) is 2.99. The maximum absolute atomic E-state index is 5.99. The van der Waals surface area contributed by atoms with E-state index in [1.165, 1.54) is 37.1 Å². The molecule has 1 aliphatic carbocycles. The quantitative estimate of drug-likeness (QED) is 0.861. The molecule has 2 nitrogen and oxygen atoms in total. The van der Waals surface area contributed by atoms with Gasteiger partial charge in [-0.05, 0) is 50.2 Å². The van der Waals surface area contributed by atoms with Gasteiger partial charge in [-0.2, -0.15) is 0 Å². The van der Waals surface area contributed by atoms with Crippen molar-refractivity contribution in [3.63, 3.8) is 0 Å². The molecule has 2 aliphatic rings. The van der Waals surface area contributed by atoms with Gasteiger partial charge in [-0.25, -0.2) is 0 Å². The Hall–Kier alpha value is -1.02. The summed E-state index contributed by atoms with van der Waals surface area (Å²) in [6.07, 6.45) is 5.14. The molecule has 3 rings (SSSR count). The molecule has 1 fully saturated rings. The van der Waals surface area contributed by atoms with Gasteiger partial charge in [0, 0.05) is 24.3 Å². The number of hydrogen-bond donors (Lipinski definition) is 1. The van der Waals surface area contributed by atoms with Gasteiger partial charge in [0.15, 0.2) is 0 Å². The van der Waals surface area contributed by atoms with E-state index < -0.39 is 0 Å². The van der Waals surface area contributed by atoms with E-state index in [1.807, 2.05) is 0 Å². The molecule has 2 heteroatoms. The van der Waals surface area contributed by atoms with Gasteiger partial charge in [0.25, 0.3) is 0 Å². The lowest BCUT2D eigenvalue weighted by Gasteiger charge is -2.28. The van der Waals surface area contributed by atoms with Gasteiger partial charge in [0.1, 0.15) is 0 Å². The van der Waals surface area contributed by atoms with E-state index in [9.17, 15) is 0 Å². The van der Waals surface area contributed by atoms with E-state index in [0.717, 1.165) is 12.3 Å². The minimum atomic E-state index is 0.302. The van der Waals surface area contributed by atoms with Crippen LogP contribution in [0.15, 0.2) is 24.3 Å². The Morgan fingerprint density at radius 2 is 2.12 bits per heavy atom. The highest BCUT2D eigenvalue weighted by Crippen LogP contribution is 2.38. The zero-order valence-electron chi connectivity index (χ0n) is 10.6. The first-order valence-corrected chi connectivity index (χ1v) is 6.84. The molecule has 2 unspecified atom stereocenters. The summed E-state index contributed by atoms with van der Waals surface area (Å²) in [5, 5.41) is 0. The predicted octanol–water partition coefficient (Wildman–Crippen LogP) is 2.57. The Morgan fingerprint density at radius 1 is 1.35 bits per heavy atom. The van der Waals surface area contributed by atoms with Crippen LogP contribution in [0, 0.1) is 5.92 Å². The number of para-hydroxylation sites is 1. The maximum atomic E-state index is 5.99. The molecule has 17 heavy (non-hydrogen) atoms. The smallest absolute Gasteiger partial charge is 0.0402 e. The van der Waals surface area contributed by atoms with E-state index in [0.29, 0.717) is 12.1 Å². The minimum absolute atomic E-state index is 0.302. The largest absolute Gasteiger partial charge is 0.368 e. The Labute approximate surface area is 104 Å². The molecule has 0 radical (unpaired) electrons. The number of nitrogens with zero attached hydrogens (tertiary/aromatic N) is 1. The first kappa shape index (κ1) is 11.1. The average Bonchev–Trinajstić information content (AvgIpc) is 3.03. The fraction of sp³-hybridized carbons (Fsp3) is 0.600. The van der Waals surface area contributed by atoms with Crippen LogP contribution in [-0.4, -0.2) is 18.6 Å². The highest BCUT2D eigenvalue weighted by Gasteiger charge is 2.33. The van der Waals surface area contributed by atoms with Gasteiger partial charge in [-0.3, -0.25) is 0 Å². The van der Waals surface area contributed by atoms with E-state index in [-0.39, 0.29) is 0 Å². The zero-order valence-corrected chi connectivity index (χ0v) is 10.6. The molecule has 0 bridgehead atoms. The van der Waals surface area contributed by atoms with Crippen molar-refractivity contribution in [1.82, 2.24) is 0 Å². The summed E-state index contributed by atoms with van der Waals surface area (Å²) in [5.41, 5.74) is 8.96. The number of hydrogen-bond acceptors (Lipinski definition) is 2. The van der Waals surface area contributed by atoms with Gasteiger partial charge in [0.05, 0.1) is 0 Å². The zero-order chi connectivity index (χ0) is 11.8. The van der Waals surface area contributed by atoms with Crippen molar-refractivity contribution in [2.24, 2.45) is 11.7 Å². The van der Waals surface area contributed by atoms with E-state index in [2.05, 4.69) is 36.1 Å². The third kappa shape index (κ3) is 2.32. The fourth-order valence-corrected chi connectivity index (χ4v) is 2.99. The van der Waals surface area contributed by atoms with Gasteiger partial charge in [0.2, 0.25) is 0 Å². The maximum Gasteiger partial charge on any atom is 0.0402 e. The highest BCUT2D eigenvalue weighted by atomic mass is 15.2. The van der Waals surface area contributed by atoms with Crippen molar-refractivity contribution in [2.75, 3.05) is 11.4 Å². The Morgan fingerprint density at radius 3 is 2.82 bits per heavy atom. The molecule has 0 amide bonds. The van der Waals surface area contributed by atoms with E-state index in [1.54, 1.807) is 0 Å². The average molecular weight is 230 g/mol. The van der Waals surface area contributed by atoms with E-state index in [4.69, 9.17) is 5.73 Å². The molecule has 1 heterocycles. The first-order valence-electron chi connectivity index (χ1n) is 6.84. The summed E-state index contributed by atoms with van der Waals surface area (Å²) in [4.78, 5) is 2.62. The number of benzene rings is 1. The normalized spacial score (nSPS) is 24.8. The van der Waals surface area contributed by atoms with Crippen LogP contribution < -0.4 is 10.6 Å².